The number of nitrogens with one attached hydrogen (secondary N) is 1. The predicted molar refractivity (Wildman–Crippen MR) is 77.4 cm³/mol. The summed E-state index contributed by atoms with van der Waals surface area (Å²) in [6.07, 6.45) is 4.25. The number of rotatable bonds is 7. The van der Waals surface area contributed by atoms with Gasteiger partial charge in [0.1, 0.15) is 18.1 Å². The Kier molecular flexibility index (Phi) is 4.43. The maximum atomic E-state index is 5.81. The molecule has 0 amide bonds. The van der Waals surface area contributed by atoms with Crippen molar-refractivity contribution in [3.63, 3.8) is 0 Å². The van der Waals surface area contributed by atoms with Gasteiger partial charge in [0.2, 0.25) is 0 Å². The first kappa shape index (κ1) is 13.7. The van der Waals surface area contributed by atoms with Crippen LogP contribution >= 0.6 is 0 Å². The average Bonchev–Trinajstić information content (AvgIpc) is 3.23. The molecule has 0 spiro atoms. The highest BCUT2D eigenvalue weighted by molar-refractivity contribution is 5.31. The Morgan fingerprint density at radius 1 is 1.15 bits per heavy atom. The van der Waals surface area contributed by atoms with E-state index in [9.17, 15) is 0 Å². The summed E-state index contributed by atoms with van der Waals surface area (Å²) in [5.41, 5.74) is 0. The first-order chi connectivity index (χ1) is 9.86. The van der Waals surface area contributed by atoms with Crippen molar-refractivity contribution in [2.45, 2.75) is 31.4 Å². The monoisotopic (exact) mass is 277 g/mol. The summed E-state index contributed by atoms with van der Waals surface area (Å²) in [5.74, 6) is 2.54. The van der Waals surface area contributed by atoms with E-state index in [1.165, 1.54) is 12.8 Å². The van der Waals surface area contributed by atoms with Crippen LogP contribution in [-0.4, -0.2) is 39.0 Å². The number of benzene rings is 1. The molecule has 4 nitrogen and oxygen atoms in total. The van der Waals surface area contributed by atoms with Gasteiger partial charge in [-0.05, 0) is 49.4 Å². The molecule has 2 aliphatic rings. The van der Waals surface area contributed by atoms with Gasteiger partial charge in [-0.25, -0.2) is 0 Å². The highest BCUT2D eigenvalue weighted by Crippen LogP contribution is 2.38. The Morgan fingerprint density at radius 2 is 1.90 bits per heavy atom. The molecule has 1 aliphatic carbocycles. The Hall–Kier alpha value is -1.26. The standard InChI is InChI=1S/C16H23NO3/c1-18-13-4-6-14(7-5-13)19-11-9-17-15-8-10-20-16(15)12-2-3-12/h4-7,12,15-17H,2-3,8-11H2,1H3. The lowest BCUT2D eigenvalue weighted by Crippen LogP contribution is -2.39. The molecular formula is C16H23NO3. The summed E-state index contributed by atoms with van der Waals surface area (Å²) in [7, 11) is 1.67. The van der Waals surface area contributed by atoms with E-state index >= 15 is 0 Å². The lowest BCUT2D eigenvalue weighted by molar-refractivity contribution is 0.0804. The van der Waals surface area contributed by atoms with Crippen LogP contribution in [0.3, 0.4) is 0 Å². The molecule has 2 fully saturated rings. The Morgan fingerprint density at radius 3 is 2.60 bits per heavy atom. The van der Waals surface area contributed by atoms with E-state index in [1.807, 2.05) is 24.3 Å². The molecule has 20 heavy (non-hydrogen) atoms. The van der Waals surface area contributed by atoms with Crippen LogP contribution in [-0.2, 0) is 4.74 Å². The molecule has 0 bridgehead atoms. The summed E-state index contributed by atoms with van der Waals surface area (Å²) in [5, 5.41) is 3.57. The van der Waals surface area contributed by atoms with Gasteiger partial charge in [0.15, 0.2) is 0 Å². The van der Waals surface area contributed by atoms with Crippen molar-refractivity contribution in [1.29, 1.82) is 0 Å². The Bertz CT molecular complexity index is 416. The number of ether oxygens (including phenoxy) is 3. The fourth-order valence-electron chi connectivity index (χ4n) is 2.80. The van der Waals surface area contributed by atoms with E-state index in [1.54, 1.807) is 7.11 Å². The number of hydrogen-bond acceptors (Lipinski definition) is 4. The molecule has 1 aromatic carbocycles. The molecule has 3 rings (SSSR count). The second-order valence-electron chi connectivity index (χ2n) is 5.55. The fourth-order valence-corrected chi connectivity index (χ4v) is 2.80. The number of methoxy groups -OCH3 is 1. The molecule has 2 atom stereocenters. The van der Waals surface area contributed by atoms with Gasteiger partial charge in [-0.15, -0.1) is 0 Å². The number of hydrogen-bond donors (Lipinski definition) is 1. The summed E-state index contributed by atoms with van der Waals surface area (Å²) >= 11 is 0. The maximum absolute atomic E-state index is 5.81. The molecule has 1 N–H and O–H groups in total. The smallest absolute Gasteiger partial charge is 0.119 e. The third-order valence-electron chi connectivity index (χ3n) is 4.06. The summed E-state index contributed by atoms with van der Waals surface area (Å²) in [4.78, 5) is 0. The van der Waals surface area contributed by atoms with Crippen LogP contribution in [0.1, 0.15) is 19.3 Å². The predicted octanol–water partition coefficient (Wildman–Crippen LogP) is 2.23. The van der Waals surface area contributed by atoms with Crippen LogP contribution in [0.4, 0.5) is 0 Å². The Labute approximate surface area is 120 Å². The molecular weight excluding hydrogens is 254 g/mol. The Balaban J connectivity index is 1.37. The van der Waals surface area contributed by atoms with Crippen molar-refractivity contribution in [2.24, 2.45) is 5.92 Å². The zero-order valence-corrected chi connectivity index (χ0v) is 12.0. The van der Waals surface area contributed by atoms with Crippen LogP contribution < -0.4 is 14.8 Å². The average molecular weight is 277 g/mol. The molecule has 1 aliphatic heterocycles. The highest BCUT2D eigenvalue weighted by Gasteiger charge is 2.40. The molecule has 0 aromatic heterocycles. The van der Waals surface area contributed by atoms with E-state index in [-0.39, 0.29) is 0 Å². The summed E-state index contributed by atoms with van der Waals surface area (Å²) in [6.45, 7) is 2.45. The highest BCUT2D eigenvalue weighted by atomic mass is 16.5. The van der Waals surface area contributed by atoms with Crippen molar-refractivity contribution in [2.75, 3.05) is 26.9 Å². The molecule has 2 unspecified atom stereocenters. The van der Waals surface area contributed by atoms with Crippen molar-refractivity contribution in [3.05, 3.63) is 24.3 Å². The van der Waals surface area contributed by atoms with Crippen LogP contribution in [0.2, 0.25) is 0 Å². The van der Waals surface area contributed by atoms with Crippen molar-refractivity contribution < 1.29 is 14.2 Å². The minimum atomic E-state index is 0.441. The molecule has 4 heteroatoms. The molecule has 1 saturated heterocycles. The molecule has 1 aromatic rings. The van der Waals surface area contributed by atoms with E-state index in [2.05, 4.69) is 5.32 Å². The van der Waals surface area contributed by atoms with Gasteiger partial charge < -0.3 is 19.5 Å². The van der Waals surface area contributed by atoms with Gasteiger partial charge in [-0.3, -0.25) is 0 Å². The van der Waals surface area contributed by atoms with E-state index in [0.717, 1.165) is 37.0 Å². The van der Waals surface area contributed by atoms with E-state index < -0.39 is 0 Å². The third-order valence-corrected chi connectivity index (χ3v) is 4.06. The maximum Gasteiger partial charge on any atom is 0.119 e. The lowest BCUT2D eigenvalue weighted by Gasteiger charge is -2.19. The van der Waals surface area contributed by atoms with E-state index in [4.69, 9.17) is 14.2 Å². The summed E-state index contributed by atoms with van der Waals surface area (Å²) < 4.78 is 16.7. The van der Waals surface area contributed by atoms with E-state index in [0.29, 0.717) is 18.8 Å². The fraction of sp³-hybridized carbons (Fsp3) is 0.625. The largest absolute Gasteiger partial charge is 0.497 e. The first-order valence-electron chi connectivity index (χ1n) is 7.48. The van der Waals surface area contributed by atoms with Gasteiger partial charge in [-0.2, -0.15) is 0 Å². The van der Waals surface area contributed by atoms with Crippen LogP contribution in [0, 0.1) is 5.92 Å². The molecule has 1 heterocycles. The van der Waals surface area contributed by atoms with Crippen LogP contribution in [0.25, 0.3) is 0 Å². The van der Waals surface area contributed by atoms with Gasteiger partial charge in [0, 0.05) is 19.2 Å². The van der Waals surface area contributed by atoms with Gasteiger partial charge in [-0.1, -0.05) is 0 Å². The zero-order valence-electron chi connectivity index (χ0n) is 12.0. The van der Waals surface area contributed by atoms with Crippen molar-refractivity contribution in [3.8, 4) is 11.5 Å². The second kappa shape index (κ2) is 6.46. The van der Waals surface area contributed by atoms with Crippen LogP contribution in [0.15, 0.2) is 24.3 Å². The van der Waals surface area contributed by atoms with Crippen molar-refractivity contribution >= 4 is 0 Å². The van der Waals surface area contributed by atoms with Gasteiger partial charge in [0.25, 0.3) is 0 Å². The minimum absolute atomic E-state index is 0.441. The lowest BCUT2D eigenvalue weighted by atomic mass is 10.1. The molecule has 1 saturated carbocycles. The third kappa shape index (κ3) is 3.44. The molecule has 110 valence electrons. The van der Waals surface area contributed by atoms with Gasteiger partial charge in [0.05, 0.1) is 13.2 Å². The minimum Gasteiger partial charge on any atom is -0.497 e. The van der Waals surface area contributed by atoms with Crippen LogP contribution in [0.5, 0.6) is 11.5 Å². The normalized spacial score (nSPS) is 25.6. The van der Waals surface area contributed by atoms with Crippen molar-refractivity contribution in [1.82, 2.24) is 5.32 Å². The van der Waals surface area contributed by atoms with Gasteiger partial charge >= 0.3 is 0 Å². The topological polar surface area (TPSA) is 39.7 Å². The first-order valence-corrected chi connectivity index (χ1v) is 7.48. The quantitative estimate of drug-likeness (QED) is 0.776. The summed E-state index contributed by atoms with van der Waals surface area (Å²) in [6, 6.07) is 8.21. The molecule has 0 radical (unpaired) electrons. The second-order valence-corrected chi connectivity index (χ2v) is 5.55. The zero-order chi connectivity index (χ0) is 13.8. The SMILES string of the molecule is COc1ccc(OCCNC2CCOC2C2CC2)cc1.